The number of thiophene rings is 1. The summed E-state index contributed by atoms with van der Waals surface area (Å²) in [7, 11) is 0. The Morgan fingerprint density at radius 2 is 2.21 bits per heavy atom. The van der Waals surface area contributed by atoms with Crippen LogP contribution >= 0.6 is 11.3 Å². The second-order valence-corrected chi connectivity index (χ2v) is 6.10. The first-order valence-corrected chi connectivity index (χ1v) is 7.43. The average Bonchev–Trinajstić information content (AvgIpc) is 2.96. The molecule has 1 saturated heterocycles. The molecule has 0 radical (unpaired) electrons. The first kappa shape index (κ1) is 12.8. The predicted molar refractivity (Wildman–Crippen MR) is 74.9 cm³/mol. The van der Waals surface area contributed by atoms with Crippen molar-refractivity contribution < 1.29 is 4.52 Å². The highest BCUT2D eigenvalue weighted by atomic mass is 32.1. The van der Waals surface area contributed by atoms with Crippen LogP contribution in [-0.2, 0) is 6.54 Å². The summed E-state index contributed by atoms with van der Waals surface area (Å²) in [5.41, 5.74) is 0. The fourth-order valence-electron chi connectivity index (χ4n) is 2.59. The highest BCUT2D eigenvalue weighted by Gasteiger charge is 2.22. The normalized spacial score (nSPS) is 24.7. The molecule has 1 fully saturated rings. The van der Waals surface area contributed by atoms with Crippen molar-refractivity contribution >= 4 is 11.3 Å². The minimum absolute atomic E-state index is 0.503. The fourth-order valence-corrected chi connectivity index (χ4v) is 3.23. The standard InChI is InChI=1S/C13H18N4OS/c1-9-6-17(7-10(2)14-9)8-12-15-13(16-18-12)11-4-3-5-19-11/h3-5,9-10,14H,6-8H2,1-2H3. The van der Waals surface area contributed by atoms with E-state index in [4.69, 9.17) is 4.52 Å². The van der Waals surface area contributed by atoms with Crippen molar-refractivity contribution in [3.05, 3.63) is 23.4 Å². The first-order chi connectivity index (χ1) is 9.20. The SMILES string of the molecule is CC1CN(Cc2nc(-c3cccs3)no2)CC(C)N1. The summed E-state index contributed by atoms with van der Waals surface area (Å²) < 4.78 is 5.35. The molecule has 5 nitrogen and oxygen atoms in total. The summed E-state index contributed by atoms with van der Waals surface area (Å²) >= 11 is 1.63. The van der Waals surface area contributed by atoms with Crippen LogP contribution in [0.3, 0.4) is 0 Å². The molecule has 1 aliphatic rings. The van der Waals surface area contributed by atoms with Gasteiger partial charge in [-0.25, -0.2) is 0 Å². The minimum Gasteiger partial charge on any atom is -0.338 e. The van der Waals surface area contributed by atoms with Gasteiger partial charge in [0.05, 0.1) is 11.4 Å². The van der Waals surface area contributed by atoms with Crippen LogP contribution in [0.25, 0.3) is 10.7 Å². The maximum absolute atomic E-state index is 5.35. The van der Waals surface area contributed by atoms with Crippen LogP contribution < -0.4 is 5.32 Å². The third-order valence-electron chi connectivity index (χ3n) is 3.20. The number of nitrogens with zero attached hydrogens (tertiary/aromatic N) is 3. The molecule has 2 unspecified atom stereocenters. The summed E-state index contributed by atoms with van der Waals surface area (Å²) in [6, 6.07) is 5.01. The summed E-state index contributed by atoms with van der Waals surface area (Å²) in [6.07, 6.45) is 0. The lowest BCUT2D eigenvalue weighted by molar-refractivity contribution is 0.149. The molecule has 0 saturated carbocycles. The Morgan fingerprint density at radius 3 is 2.89 bits per heavy atom. The second kappa shape index (κ2) is 5.40. The predicted octanol–water partition coefficient (Wildman–Crippen LogP) is 1.98. The van der Waals surface area contributed by atoms with Gasteiger partial charge in [-0.1, -0.05) is 11.2 Å². The smallest absolute Gasteiger partial charge is 0.241 e. The Kier molecular flexibility index (Phi) is 3.63. The lowest BCUT2D eigenvalue weighted by Gasteiger charge is -2.35. The molecule has 2 aromatic rings. The fraction of sp³-hybridized carbons (Fsp3) is 0.538. The zero-order chi connectivity index (χ0) is 13.2. The van der Waals surface area contributed by atoms with Gasteiger partial charge in [0.25, 0.3) is 0 Å². The molecule has 0 amide bonds. The second-order valence-electron chi connectivity index (χ2n) is 5.15. The molecule has 0 bridgehead atoms. The molecule has 0 aliphatic carbocycles. The van der Waals surface area contributed by atoms with E-state index in [2.05, 4.69) is 34.2 Å². The highest BCUT2D eigenvalue weighted by Crippen LogP contribution is 2.21. The number of piperazine rings is 1. The van der Waals surface area contributed by atoms with E-state index in [0.29, 0.717) is 23.8 Å². The third-order valence-corrected chi connectivity index (χ3v) is 4.07. The quantitative estimate of drug-likeness (QED) is 0.930. The van der Waals surface area contributed by atoms with Crippen LogP contribution in [0.4, 0.5) is 0 Å². The van der Waals surface area contributed by atoms with E-state index in [0.717, 1.165) is 24.5 Å². The van der Waals surface area contributed by atoms with Gasteiger partial charge < -0.3 is 9.84 Å². The van der Waals surface area contributed by atoms with Crippen molar-refractivity contribution in [3.63, 3.8) is 0 Å². The molecule has 1 aliphatic heterocycles. The summed E-state index contributed by atoms with van der Waals surface area (Å²) in [4.78, 5) is 7.88. The molecule has 19 heavy (non-hydrogen) atoms. The van der Waals surface area contributed by atoms with E-state index < -0.39 is 0 Å². The summed E-state index contributed by atoms with van der Waals surface area (Å²) in [5, 5.41) is 9.58. The molecular formula is C13H18N4OS. The van der Waals surface area contributed by atoms with Gasteiger partial charge >= 0.3 is 0 Å². The zero-order valence-corrected chi connectivity index (χ0v) is 12.0. The Hall–Kier alpha value is -1.24. The van der Waals surface area contributed by atoms with Crippen LogP contribution in [0.2, 0.25) is 0 Å². The van der Waals surface area contributed by atoms with Crippen molar-refractivity contribution in [1.82, 2.24) is 20.4 Å². The van der Waals surface area contributed by atoms with Crippen molar-refractivity contribution in [1.29, 1.82) is 0 Å². The van der Waals surface area contributed by atoms with Gasteiger partial charge in [0.15, 0.2) is 0 Å². The van der Waals surface area contributed by atoms with Gasteiger partial charge in [-0.3, -0.25) is 4.90 Å². The monoisotopic (exact) mass is 278 g/mol. The molecule has 6 heteroatoms. The summed E-state index contributed by atoms with van der Waals surface area (Å²) in [6.45, 7) is 7.16. The van der Waals surface area contributed by atoms with Crippen LogP contribution in [-0.4, -0.2) is 40.2 Å². The van der Waals surface area contributed by atoms with Gasteiger partial charge in [-0.05, 0) is 25.3 Å². The van der Waals surface area contributed by atoms with Crippen molar-refractivity contribution in [2.24, 2.45) is 0 Å². The Balaban J connectivity index is 1.67. The molecule has 2 atom stereocenters. The van der Waals surface area contributed by atoms with Gasteiger partial charge in [0.1, 0.15) is 0 Å². The van der Waals surface area contributed by atoms with Gasteiger partial charge in [0.2, 0.25) is 11.7 Å². The number of hydrogen-bond donors (Lipinski definition) is 1. The van der Waals surface area contributed by atoms with Crippen molar-refractivity contribution in [3.8, 4) is 10.7 Å². The van der Waals surface area contributed by atoms with E-state index in [1.165, 1.54) is 0 Å². The Labute approximate surface area is 116 Å². The van der Waals surface area contributed by atoms with E-state index in [1.54, 1.807) is 11.3 Å². The zero-order valence-electron chi connectivity index (χ0n) is 11.2. The number of aromatic nitrogens is 2. The lowest BCUT2D eigenvalue weighted by Crippen LogP contribution is -2.53. The van der Waals surface area contributed by atoms with Gasteiger partial charge in [0, 0.05) is 25.2 Å². The molecule has 3 heterocycles. The Bertz CT molecular complexity index is 514. The molecule has 102 valence electrons. The molecule has 0 aromatic carbocycles. The molecular weight excluding hydrogens is 260 g/mol. The first-order valence-electron chi connectivity index (χ1n) is 6.55. The highest BCUT2D eigenvalue weighted by molar-refractivity contribution is 7.13. The van der Waals surface area contributed by atoms with Crippen LogP contribution in [0, 0.1) is 0 Å². The van der Waals surface area contributed by atoms with Gasteiger partial charge in [-0.2, -0.15) is 4.98 Å². The van der Waals surface area contributed by atoms with E-state index in [9.17, 15) is 0 Å². The number of nitrogens with one attached hydrogen (secondary N) is 1. The molecule has 2 aromatic heterocycles. The maximum atomic E-state index is 5.35. The van der Waals surface area contributed by atoms with Gasteiger partial charge in [-0.15, -0.1) is 11.3 Å². The molecule has 1 N–H and O–H groups in total. The molecule has 0 spiro atoms. The Morgan fingerprint density at radius 1 is 1.42 bits per heavy atom. The van der Waals surface area contributed by atoms with Crippen LogP contribution in [0.1, 0.15) is 19.7 Å². The topological polar surface area (TPSA) is 54.2 Å². The molecule has 3 rings (SSSR count). The third kappa shape index (κ3) is 3.02. The van der Waals surface area contributed by atoms with Crippen molar-refractivity contribution in [2.75, 3.05) is 13.1 Å². The maximum Gasteiger partial charge on any atom is 0.241 e. The van der Waals surface area contributed by atoms with Crippen LogP contribution in [0.5, 0.6) is 0 Å². The number of rotatable bonds is 3. The van der Waals surface area contributed by atoms with Crippen molar-refractivity contribution in [2.45, 2.75) is 32.5 Å². The number of hydrogen-bond acceptors (Lipinski definition) is 6. The van der Waals surface area contributed by atoms with E-state index in [-0.39, 0.29) is 0 Å². The van der Waals surface area contributed by atoms with Crippen LogP contribution in [0.15, 0.2) is 22.0 Å². The largest absolute Gasteiger partial charge is 0.338 e. The summed E-state index contributed by atoms with van der Waals surface area (Å²) in [5.74, 6) is 1.39. The average molecular weight is 278 g/mol. The lowest BCUT2D eigenvalue weighted by atomic mass is 10.1. The van der Waals surface area contributed by atoms with E-state index in [1.807, 2.05) is 17.5 Å². The van der Waals surface area contributed by atoms with E-state index >= 15 is 0 Å². The minimum atomic E-state index is 0.503.